The number of hydrogen-bond acceptors (Lipinski definition) is 4. The Morgan fingerprint density at radius 3 is 2.24 bits per heavy atom. The fourth-order valence-electron chi connectivity index (χ4n) is 3.37. The Morgan fingerprint density at radius 1 is 1.00 bits per heavy atom. The Bertz CT molecular complexity index is 1130. The molecular weight excluding hydrogens is 521 g/mol. The van der Waals surface area contributed by atoms with E-state index in [9.17, 15) is 18.0 Å². The maximum Gasteiger partial charge on any atom is 0.244 e. The highest BCUT2D eigenvalue weighted by atomic mass is 35.5. The van der Waals surface area contributed by atoms with Crippen molar-refractivity contribution in [1.82, 2.24) is 10.2 Å². The molecule has 11 heteroatoms. The third-order valence-electron chi connectivity index (χ3n) is 5.07. The third-order valence-corrected chi connectivity index (χ3v) is 7.26. The second kappa shape index (κ2) is 12.6. The zero-order chi connectivity index (χ0) is 25.5. The molecule has 0 radical (unpaired) electrons. The van der Waals surface area contributed by atoms with E-state index in [2.05, 4.69) is 5.32 Å². The summed E-state index contributed by atoms with van der Waals surface area (Å²) in [5, 5.41) is 3.67. The van der Waals surface area contributed by atoms with Crippen molar-refractivity contribution in [3.05, 3.63) is 63.1 Å². The standard InChI is InChI=1S/C23H28Cl3N3O4S/c1-4-12-27-23(31)20(5-2)28(14-16-10-11-17(24)19(26)13-16)22(30)15-29(34(3,32)33)21-9-7-6-8-18(21)25/h6-11,13,20H,4-5,12,14-15H2,1-3H3,(H,27,31). The van der Waals surface area contributed by atoms with E-state index in [0.29, 0.717) is 28.6 Å². The number of rotatable bonds is 11. The second-order valence-electron chi connectivity index (χ2n) is 7.71. The van der Waals surface area contributed by atoms with Crippen molar-refractivity contribution < 1.29 is 18.0 Å². The van der Waals surface area contributed by atoms with Crippen LogP contribution in [0.25, 0.3) is 0 Å². The zero-order valence-corrected chi connectivity index (χ0v) is 22.3. The van der Waals surface area contributed by atoms with Gasteiger partial charge in [-0.05, 0) is 42.7 Å². The van der Waals surface area contributed by atoms with E-state index in [0.717, 1.165) is 17.0 Å². The number of para-hydroxylation sites is 1. The van der Waals surface area contributed by atoms with Crippen molar-refractivity contribution in [1.29, 1.82) is 0 Å². The first-order valence-corrected chi connectivity index (χ1v) is 13.7. The molecule has 1 unspecified atom stereocenters. The van der Waals surface area contributed by atoms with E-state index in [4.69, 9.17) is 34.8 Å². The summed E-state index contributed by atoms with van der Waals surface area (Å²) >= 11 is 18.4. The van der Waals surface area contributed by atoms with Gasteiger partial charge < -0.3 is 10.2 Å². The lowest BCUT2D eigenvalue weighted by atomic mass is 10.1. The number of anilines is 1. The summed E-state index contributed by atoms with van der Waals surface area (Å²) in [6.07, 6.45) is 2.06. The van der Waals surface area contributed by atoms with Crippen LogP contribution in [0.1, 0.15) is 32.3 Å². The van der Waals surface area contributed by atoms with Gasteiger partial charge in [0, 0.05) is 13.1 Å². The molecule has 34 heavy (non-hydrogen) atoms. The molecule has 2 aromatic rings. The normalized spacial score (nSPS) is 12.2. The van der Waals surface area contributed by atoms with Gasteiger partial charge in [-0.2, -0.15) is 0 Å². The number of hydrogen-bond donors (Lipinski definition) is 1. The van der Waals surface area contributed by atoms with E-state index in [1.807, 2.05) is 6.92 Å². The second-order valence-corrected chi connectivity index (χ2v) is 10.8. The van der Waals surface area contributed by atoms with E-state index in [1.54, 1.807) is 43.3 Å². The van der Waals surface area contributed by atoms with Gasteiger partial charge in [0.1, 0.15) is 12.6 Å². The molecule has 2 amide bonds. The van der Waals surface area contributed by atoms with E-state index in [-0.39, 0.29) is 23.2 Å². The maximum atomic E-state index is 13.6. The fourth-order valence-corrected chi connectivity index (χ4v) is 4.84. The quantitative estimate of drug-likeness (QED) is 0.439. The first kappa shape index (κ1) is 28.2. The Hall–Kier alpha value is -2.00. The van der Waals surface area contributed by atoms with Crippen molar-refractivity contribution in [3.8, 4) is 0 Å². The largest absolute Gasteiger partial charge is 0.354 e. The first-order chi connectivity index (χ1) is 16.0. The number of sulfonamides is 1. The molecule has 0 bridgehead atoms. The van der Waals surface area contributed by atoms with Crippen molar-refractivity contribution in [2.75, 3.05) is 23.7 Å². The number of amides is 2. The molecule has 0 heterocycles. The van der Waals surface area contributed by atoms with Gasteiger partial charge in [-0.15, -0.1) is 0 Å². The molecule has 2 aromatic carbocycles. The number of nitrogens with zero attached hydrogens (tertiary/aromatic N) is 2. The number of nitrogens with one attached hydrogen (secondary N) is 1. The molecule has 0 aliphatic rings. The molecule has 0 spiro atoms. The Morgan fingerprint density at radius 2 is 1.68 bits per heavy atom. The van der Waals surface area contributed by atoms with Crippen LogP contribution in [0.2, 0.25) is 15.1 Å². The van der Waals surface area contributed by atoms with Gasteiger partial charge in [-0.1, -0.05) is 66.8 Å². The number of benzene rings is 2. The Labute approximate surface area is 216 Å². The molecule has 0 aromatic heterocycles. The summed E-state index contributed by atoms with van der Waals surface area (Å²) in [6.45, 7) is 3.68. The number of carbonyl (C=O) groups is 2. The fraction of sp³-hybridized carbons (Fsp3) is 0.391. The molecule has 0 fully saturated rings. The summed E-state index contributed by atoms with van der Waals surface area (Å²) < 4.78 is 26.1. The highest BCUT2D eigenvalue weighted by Gasteiger charge is 2.32. The molecular formula is C23H28Cl3N3O4S. The van der Waals surface area contributed by atoms with Crippen LogP contribution < -0.4 is 9.62 Å². The lowest BCUT2D eigenvalue weighted by Gasteiger charge is -2.33. The minimum atomic E-state index is -3.86. The number of carbonyl (C=O) groups excluding carboxylic acids is 2. The Kier molecular flexibility index (Phi) is 10.5. The van der Waals surface area contributed by atoms with E-state index < -0.39 is 28.5 Å². The van der Waals surface area contributed by atoms with Gasteiger partial charge in [0.15, 0.2) is 0 Å². The zero-order valence-electron chi connectivity index (χ0n) is 19.2. The minimum absolute atomic E-state index is 0.0356. The average Bonchev–Trinajstić information content (AvgIpc) is 2.78. The molecule has 0 saturated heterocycles. The molecule has 7 nitrogen and oxygen atoms in total. The van der Waals surface area contributed by atoms with Crippen LogP contribution in [0.5, 0.6) is 0 Å². The third kappa shape index (κ3) is 7.50. The molecule has 0 saturated carbocycles. The van der Waals surface area contributed by atoms with E-state index in [1.165, 1.54) is 11.0 Å². The summed E-state index contributed by atoms with van der Waals surface area (Å²) in [7, 11) is -3.86. The Balaban J connectivity index is 2.46. The maximum absolute atomic E-state index is 13.6. The van der Waals surface area contributed by atoms with Crippen molar-refractivity contribution in [2.24, 2.45) is 0 Å². The van der Waals surface area contributed by atoms with Crippen LogP contribution in [0.4, 0.5) is 5.69 Å². The molecule has 1 N–H and O–H groups in total. The predicted molar refractivity (Wildman–Crippen MR) is 138 cm³/mol. The molecule has 2 rings (SSSR count). The van der Waals surface area contributed by atoms with E-state index >= 15 is 0 Å². The van der Waals surface area contributed by atoms with Gasteiger partial charge in [0.2, 0.25) is 21.8 Å². The lowest BCUT2D eigenvalue weighted by molar-refractivity contribution is -0.140. The molecule has 0 aliphatic carbocycles. The monoisotopic (exact) mass is 547 g/mol. The van der Waals surface area contributed by atoms with Gasteiger partial charge in [-0.25, -0.2) is 8.42 Å². The van der Waals surface area contributed by atoms with Gasteiger partial charge in [-0.3, -0.25) is 13.9 Å². The number of halogens is 3. The summed E-state index contributed by atoms with van der Waals surface area (Å²) in [5.41, 5.74) is 0.825. The average molecular weight is 549 g/mol. The van der Waals surface area contributed by atoms with Gasteiger partial charge in [0.25, 0.3) is 0 Å². The molecule has 186 valence electrons. The molecule has 0 aliphatic heterocycles. The highest BCUT2D eigenvalue weighted by Crippen LogP contribution is 2.28. The van der Waals surface area contributed by atoms with Crippen molar-refractivity contribution >= 4 is 62.3 Å². The summed E-state index contributed by atoms with van der Waals surface area (Å²) in [4.78, 5) is 27.8. The predicted octanol–water partition coefficient (Wildman–Crippen LogP) is 4.75. The van der Waals surface area contributed by atoms with Crippen LogP contribution in [-0.4, -0.2) is 50.5 Å². The summed E-state index contributed by atoms with van der Waals surface area (Å²) in [5.74, 6) is -0.878. The van der Waals surface area contributed by atoms with Crippen LogP contribution in [0, 0.1) is 0 Å². The highest BCUT2D eigenvalue weighted by molar-refractivity contribution is 7.92. The molecule has 1 atom stereocenters. The summed E-state index contributed by atoms with van der Waals surface area (Å²) in [6, 6.07) is 10.5. The van der Waals surface area contributed by atoms with Crippen LogP contribution in [0.3, 0.4) is 0 Å². The topological polar surface area (TPSA) is 86.8 Å². The smallest absolute Gasteiger partial charge is 0.244 e. The van der Waals surface area contributed by atoms with Crippen molar-refractivity contribution in [3.63, 3.8) is 0 Å². The van der Waals surface area contributed by atoms with Gasteiger partial charge in [0.05, 0.1) is 27.0 Å². The first-order valence-electron chi connectivity index (χ1n) is 10.7. The lowest BCUT2D eigenvalue weighted by Crippen LogP contribution is -2.52. The van der Waals surface area contributed by atoms with Crippen molar-refractivity contribution in [2.45, 2.75) is 39.3 Å². The SMILES string of the molecule is CCCNC(=O)C(CC)N(Cc1ccc(Cl)c(Cl)c1)C(=O)CN(c1ccccc1Cl)S(C)(=O)=O. The van der Waals surface area contributed by atoms with Crippen LogP contribution in [-0.2, 0) is 26.2 Å². The van der Waals surface area contributed by atoms with Gasteiger partial charge >= 0.3 is 0 Å². The van der Waals surface area contributed by atoms with Crippen LogP contribution in [0.15, 0.2) is 42.5 Å². The van der Waals surface area contributed by atoms with Crippen LogP contribution >= 0.6 is 34.8 Å². The minimum Gasteiger partial charge on any atom is -0.354 e.